The van der Waals surface area contributed by atoms with E-state index in [-0.39, 0.29) is 29.9 Å². The number of carbonyl (C=O) groups is 1. The molecule has 33 heavy (non-hydrogen) atoms. The average molecular weight is 559 g/mol. The molecule has 7 nitrogen and oxygen atoms in total. The van der Waals surface area contributed by atoms with Crippen molar-refractivity contribution >= 4 is 35.8 Å². The fraction of sp³-hybridized carbons (Fsp3) is 0.320. The third-order valence-electron chi connectivity index (χ3n) is 5.54. The van der Waals surface area contributed by atoms with Crippen molar-refractivity contribution in [1.82, 2.24) is 20.5 Å². The Morgan fingerprint density at radius 1 is 1.06 bits per heavy atom. The number of aliphatic imine (C=N–C) groups is 1. The van der Waals surface area contributed by atoms with Crippen LogP contribution < -0.4 is 10.6 Å². The Morgan fingerprint density at radius 3 is 2.42 bits per heavy atom. The first-order chi connectivity index (χ1) is 15.6. The molecule has 0 radical (unpaired) electrons. The van der Waals surface area contributed by atoms with Crippen LogP contribution in [-0.4, -0.2) is 35.3 Å². The van der Waals surface area contributed by atoms with E-state index in [0.29, 0.717) is 37.9 Å². The van der Waals surface area contributed by atoms with Gasteiger partial charge in [-0.05, 0) is 36.6 Å². The molecule has 1 saturated heterocycles. The maximum atomic E-state index is 11.8. The van der Waals surface area contributed by atoms with Gasteiger partial charge in [-0.2, -0.15) is 0 Å². The van der Waals surface area contributed by atoms with Gasteiger partial charge in [-0.3, -0.25) is 9.79 Å². The van der Waals surface area contributed by atoms with Gasteiger partial charge in [-0.1, -0.05) is 42.0 Å². The maximum Gasteiger partial charge on any atom is 0.226 e. The van der Waals surface area contributed by atoms with Gasteiger partial charge in [0, 0.05) is 38.7 Å². The second-order valence-electron chi connectivity index (χ2n) is 8.02. The van der Waals surface area contributed by atoms with E-state index in [4.69, 9.17) is 4.42 Å². The SMILES string of the molecule is CN=C(NCc1ccc(CN2CCCC2=O)cc1)NCc1coc(-c2ccc(C)cc2)n1.I. The summed E-state index contributed by atoms with van der Waals surface area (Å²) in [5.74, 6) is 1.56. The second-order valence-corrected chi connectivity index (χ2v) is 8.02. The largest absolute Gasteiger partial charge is 0.444 e. The van der Waals surface area contributed by atoms with E-state index in [2.05, 4.69) is 51.8 Å². The normalized spacial score (nSPS) is 13.7. The van der Waals surface area contributed by atoms with Crippen molar-refractivity contribution in [2.45, 2.75) is 39.4 Å². The first kappa shape index (κ1) is 24.8. The van der Waals surface area contributed by atoms with E-state index in [1.165, 1.54) is 5.56 Å². The van der Waals surface area contributed by atoms with Crippen molar-refractivity contribution in [3.63, 3.8) is 0 Å². The highest BCUT2D eigenvalue weighted by Gasteiger charge is 2.19. The molecule has 174 valence electrons. The van der Waals surface area contributed by atoms with Gasteiger partial charge >= 0.3 is 0 Å². The monoisotopic (exact) mass is 559 g/mol. The molecule has 1 amide bonds. The van der Waals surface area contributed by atoms with Gasteiger partial charge < -0.3 is 20.0 Å². The van der Waals surface area contributed by atoms with E-state index in [0.717, 1.165) is 35.3 Å². The average Bonchev–Trinajstić information content (AvgIpc) is 3.45. The molecule has 0 atom stereocenters. The number of halogens is 1. The number of guanidine groups is 1. The van der Waals surface area contributed by atoms with Crippen molar-refractivity contribution in [3.8, 4) is 11.5 Å². The van der Waals surface area contributed by atoms with Crippen molar-refractivity contribution in [3.05, 3.63) is 77.2 Å². The summed E-state index contributed by atoms with van der Waals surface area (Å²) in [7, 11) is 1.74. The number of aryl methyl sites for hydroxylation is 1. The zero-order chi connectivity index (χ0) is 22.3. The van der Waals surface area contributed by atoms with Crippen LogP contribution in [0.4, 0.5) is 0 Å². The van der Waals surface area contributed by atoms with Crippen LogP contribution in [0.1, 0.15) is 35.2 Å². The number of oxazole rings is 1. The summed E-state index contributed by atoms with van der Waals surface area (Å²) in [4.78, 5) is 22.5. The molecule has 4 rings (SSSR count). The summed E-state index contributed by atoms with van der Waals surface area (Å²) in [6.45, 7) is 4.77. The lowest BCUT2D eigenvalue weighted by atomic mass is 10.1. The number of hydrogen-bond acceptors (Lipinski definition) is 4. The van der Waals surface area contributed by atoms with Crippen LogP contribution in [0, 0.1) is 6.92 Å². The molecule has 1 aliphatic rings. The van der Waals surface area contributed by atoms with Crippen LogP contribution in [0.5, 0.6) is 0 Å². The number of hydrogen-bond donors (Lipinski definition) is 2. The summed E-state index contributed by atoms with van der Waals surface area (Å²) < 4.78 is 5.62. The molecule has 2 heterocycles. The Kier molecular flexibility index (Phi) is 8.87. The number of amides is 1. The van der Waals surface area contributed by atoms with Gasteiger partial charge in [0.1, 0.15) is 6.26 Å². The lowest BCUT2D eigenvalue weighted by Gasteiger charge is -2.16. The standard InChI is InChI=1S/C25H29N5O2.HI/c1-18-5-11-21(12-6-18)24-29-22(17-32-24)15-28-25(26-2)27-14-19-7-9-20(10-8-19)16-30-13-3-4-23(30)31;/h5-12,17H,3-4,13-16H2,1-2H3,(H2,26,27,28);1H. The molecule has 2 aromatic carbocycles. The van der Waals surface area contributed by atoms with Gasteiger partial charge in [0.25, 0.3) is 0 Å². The number of likely N-dealkylation sites (tertiary alicyclic amines) is 1. The Labute approximate surface area is 211 Å². The zero-order valence-electron chi connectivity index (χ0n) is 19.0. The third kappa shape index (κ3) is 6.80. The molecule has 0 bridgehead atoms. The molecule has 1 aromatic heterocycles. The van der Waals surface area contributed by atoms with E-state index < -0.39 is 0 Å². The summed E-state index contributed by atoms with van der Waals surface area (Å²) in [6, 6.07) is 16.4. The van der Waals surface area contributed by atoms with E-state index in [1.54, 1.807) is 13.3 Å². The molecule has 0 unspecified atom stereocenters. The smallest absolute Gasteiger partial charge is 0.226 e. The van der Waals surface area contributed by atoms with Crippen LogP contribution in [-0.2, 0) is 24.4 Å². The molecule has 1 fully saturated rings. The van der Waals surface area contributed by atoms with Gasteiger partial charge in [0.15, 0.2) is 5.96 Å². The highest BCUT2D eigenvalue weighted by molar-refractivity contribution is 14.0. The predicted molar refractivity (Wildman–Crippen MR) is 140 cm³/mol. The summed E-state index contributed by atoms with van der Waals surface area (Å²) in [5, 5.41) is 6.58. The number of nitrogens with one attached hydrogen (secondary N) is 2. The van der Waals surface area contributed by atoms with E-state index >= 15 is 0 Å². The second kappa shape index (κ2) is 11.8. The fourth-order valence-corrected chi connectivity index (χ4v) is 3.65. The topological polar surface area (TPSA) is 82.8 Å². The van der Waals surface area contributed by atoms with Crippen molar-refractivity contribution < 1.29 is 9.21 Å². The van der Waals surface area contributed by atoms with E-state index in [1.807, 2.05) is 29.2 Å². The minimum atomic E-state index is 0. The van der Waals surface area contributed by atoms with Crippen molar-refractivity contribution in [2.24, 2.45) is 4.99 Å². The molecule has 1 aliphatic heterocycles. The summed E-state index contributed by atoms with van der Waals surface area (Å²) in [5.41, 5.74) is 5.27. The van der Waals surface area contributed by atoms with E-state index in [9.17, 15) is 4.79 Å². The van der Waals surface area contributed by atoms with Gasteiger partial charge in [-0.25, -0.2) is 4.98 Å². The number of rotatable bonds is 7. The van der Waals surface area contributed by atoms with Gasteiger partial charge in [0.2, 0.25) is 11.8 Å². The van der Waals surface area contributed by atoms with Crippen LogP contribution >= 0.6 is 24.0 Å². The third-order valence-corrected chi connectivity index (χ3v) is 5.54. The Bertz CT molecular complexity index is 1080. The van der Waals surface area contributed by atoms with Gasteiger partial charge in [0.05, 0.1) is 12.2 Å². The molecule has 0 spiro atoms. The van der Waals surface area contributed by atoms with Crippen molar-refractivity contribution in [2.75, 3.05) is 13.6 Å². The van der Waals surface area contributed by atoms with Crippen LogP contribution in [0.2, 0.25) is 0 Å². The molecule has 3 aromatic rings. The highest BCUT2D eigenvalue weighted by Crippen LogP contribution is 2.19. The Hall–Kier alpha value is -2.88. The van der Waals surface area contributed by atoms with Crippen LogP contribution in [0.25, 0.3) is 11.5 Å². The molecular weight excluding hydrogens is 529 g/mol. The molecule has 2 N–H and O–H groups in total. The summed E-state index contributed by atoms with van der Waals surface area (Å²) >= 11 is 0. The maximum absolute atomic E-state index is 11.8. The summed E-state index contributed by atoms with van der Waals surface area (Å²) in [6.07, 6.45) is 3.31. The lowest BCUT2D eigenvalue weighted by Crippen LogP contribution is -2.36. The fourth-order valence-electron chi connectivity index (χ4n) is 3.65. The predicted octanol–water partition coefficient (Wildman–Crippen LogP) is 4.26. The number of benzene rings is 2. The minimum Gasteiger partial charge on any atom is -0.444 e. The molecule has 0 saturated carbocycles. The Balaban J connectivity index is 0.00000306. The van der Waals surface area contributed by atoms with Crippen LogP contribution in [0.15, 0.2) is 64.2 Å². The zero-order valence-corrected chi connectivity index (χ0v) is 21.3. The van der Waals surface area contributed by atoms with Crippen molar-refractivity contribution in [1.29, 1.82) is 0 Å². The quantitative estimate of drug-likeness (QED) is 0.257. The number of nitrogens with zero attached hydrogens (tertiary/aromatic N) is 3. The minimum absolute atomic E-state index is 0. The lowest BCUT2D eigenvalue weighted by molar-refractivity contribution is -0.128. The van der Waals surface area contributed by atoms with Gasteiger partial charge in [-0.15, -0.1) is 24.0 Å². The number of aromatic nitrogens is 1. The first-order valence-electron chi connectivity index (χ1n) is 10.9. The molecular formula is C25H30IN5O2. The van der Waals surface area contributed by atoms with Crippen LogP contribution in [0.3, 0.4) is 0 Å². The number of carbonyl (C=O) groups excluding carboxylic acids is 1. The highest BCUT2D eigenvalue weighted by atomic mass is 127. The first-order valence-corrected chi connectivity index (χ1v) is 10.9. The molecule has 8 heteroatoms. The molecule has 0 aliphatic carbocycles. The Morgan fingerprint density at radius 2 is 1.76 bits per heavy atom.